The van der Waals surface area contributed by atoms with Crippen molar-refractivity contribution in [3.63, 3.8) is 0 Å². The van der Waals surface area contributed by atoms with E-state index in [1.807, 2.05) is 32.0 Å². The van der Waals surface area contributed by atoms with Gasteiger partial charge < -0.3 is 19.6 Å². The minimum absolute atomic E-state index is 0.0646. The van der Waals surface area contributed by atoms with Crippen molar-refractivity contribution in [3.8, 4) is 5.75 Å². The minimum Gasteiger partial charge on any atom is -0.507 e. The Hall–Kier alpha value is -2.83. The van der Waals surface area contributed by atoms with Crippen molar-refractivity contribution in [2.75, 3.05) is 33.8 Å². The molecule has 0 saturated carbocycles. The molecule has 0 aliphatic carbocycles. The summed E-state index contributed by atoms with van der Waals surface area (Å²) in [5.74, 6) is -0.938. The van der Waals surface area contributed by atoms with E-state index < -0.39 is 17.7 Å². The van der Waals surface area contributed by atoms with Crippen LogP contribution in [0.25, 0.3) is 5.76 Å². The highest BCUT2D eigenvalue weighted by Gasteiger charge is 2.45. The van der Waals surface area contributed by atoms with Crippen LogP contribution in [0.15, 0.2) is 54.1 Å². The van der Waals surface area contributed by atoms with Crippen molar-refractivity contribution in [2.45, 2.75) is 25.8 Å². The van der Waals surface area contributed by atoms with Gasteiger partial charge in [-0.3, -0.25) is 9.59 Å². The van der Waals surface area contributed by atoms with Crippen LogP contribution < -0.4 is 4.74 Å². The standard InChI is InChI=1S/C25H29ClN2O4/c1-4-14-32-20-11-6-9-18(16-20)23(29)21-22(17-8-5-10-19(26)15-17)28(25(31)24(21)30)13-7-12-27(2)3/h5-6,8-11,15-16,22,29H,4,7,12-14H2,1-3H3/b23-21+. The zero-order valence-electron chi connectivity index (χ0n) is 18.7. The first-order chi connectivity index (χ1) is 15.3. The number of rotatable bonds is 9. The lowest BCUT2D eigenvalue weighted by Gasteiger charge is -2.26. The van der Waals surface area contributed by atoms with E-state index in [1.165, 1.54) is 4.90 Å². The van der Waals surface area contributed by atoms with Crippen LogP contribution in [-0.2, 0) is 9.59 Å². The number of amides is 1. The molecule has 1 unspecified atom stereocenters. The molecule has 1 heterocycles. The normalized spacial score (nSPS) is 17.9. The van der Waals surface area contributed by atoms with Gasteiger partial charge in [-0.1, -0.05) is 42.8 Å². The molecule has 1 amide bonds. The Bertz CT molecular complexity index is 1020. The Balaban J connectivity index is 2.06. The van der Waals surface area contributed by atoms with Crippen molar-refractivity contribution in [1.82, 2.24) is 9.80 Å². The highest BCUT2D eigenvalue weighted by atomic mass is 35.5. The number of aliphatic hydroxyl groups is 1. The quantitative estimate of drug-likeness (QED) is 0.341. The van der Waals surface area contributed by atoms with E-state index in [2.05, 4.69) is 0 Å². The van der Waals surface area contributed by atoms with Gasteiger partial charge in [-0.2, -0.15) is 0 Å². The van der Waals surface area contributed by atoms with E-state index in [0.717, 1.165) is 13.0 Å². The molecule has 2 aromatic carbocycles. The third kappa shape index (κ3) is 5.31. The second kappa shape index (κ2) is 10.7. The number of nitrogens with zero attached hydrogens (tertiary/aromatic N) is 2. The number of carbonyl (C=O) groups excluding carboxylic acids is 2. The van der Waals surface area contributed by atoms with E-state index >= 15 is 0 Å². The number of benzene rings is 2. The average molecular weight is 457 g/mol. The highest BCUT2D eigenvalue weighted by Crippen LogP contribution is 2.40. The lowest BCUT2D eigenvalue weighted by atomic mass is 9.95. The number of ketones is 1. The first kappa shape index (κ1) is 23.8. The molecular weight excluding hydrogens is 428 g/mol. The first-order valence-corrected chi connectivity index (χ1v) is 11.1. The summed E-state index contributed by atoms with van der Waals surface area (Å²) in [7, 11) is 3.91. The molecule has 32 heavy (non-hydrogen) atoms. The van der Waals surface area contributed by atoms with Crippen LogP contribution in [0.5, 0.6) is 5.75 Å². The van der Waals surface area contributed by atoms with Crippen molar-refractivity contribution < 1.29 is 19.4 Å². The fourth-order valence-corrected chi connectivity index (χ4v) is 4.00. The zero-order valence-corrected chi connectivity index (χ0v) is 19.4. The molecule has 3 rings (SSSR count). The maximum Gasteiger partial charge on any atom is 0.295 e. The molecule has 170 valence electrons. The summed E-state index contributed by atoms with van der Waals surface area (Å²) < 4.78 is 5.66. The Kier molecular flexibility index (Phi) is 7.94. The number of carbonyl (C=O) groups is 2. The van der Waals surface area contributed by atoms with Crippen molar-refractivity contribution in [1.29, 1.82) is 0 Å². The van der Waals surface area contributed by atoms with Crippen LogP contribution in [0.1, 0.15) is 36.9 Å². The van der Waals surface area contributed by atoms with Gasteiger partial charge in [0.15, 0.2) is 0 Å². The molecule has 0 bridgehead atoms. The maximum atomic E-state index is 13.1. The molecule has 2 aromatic rings. The summed E-state index contributed by atoms with van der Waals surface area (Å²) in [5.41, 5.74) is 1.17. The lowest BCUT2D eigenvalue weighted by molar-refractivity contribution is -0.139. The van der Waals surface area contributed by atoms with E-state index in [1.54, 1.807) is 42.5 Å². The first-order valence-electron chi connectivity index (χ1n) is 10.7. The summed E-state index contributed by atoms with van der Waals surface area (Å²) >= 11 is 6.21. The SMILES string of the molecule is CCCOc1cccc(/C(O)=C2\C(=O)C(=O)N(CCCN(C)C)C2c2cccc(Cl)c2)c1. The van der Waals surface area contributed by atoms with Gasteiger partial charge in [0.25, 0.3) is 11.7 Å². The molecule has 0 spiro atoms. The molecule has 0 aromatic heterocycles. The van der Waals surface area contributed by atoms with Crippen LogP contribution in [0.3, 0.4) is 0 Å². The minimum atomic E-state index is -0.712. The number of aliphatic hydroxyl groups excluding tert-OH is 1. The van der Waals surface area contributed by atoms with Crippen LogP contribution >= 0.6 is 11.6 Å². The van der Waals surface area contributed by atoms with Gasteiger partial charge in [0, 0.05) is 17.1 Å². The lowest BCUT2D eigenvalue weighted by Crippen LogP contribution is -2.32. The summed E-state index contributed by atoms with van der Waals surface area (Å²) in [5, 5.41) is 11.7. The van der Waals surface area contributed by atoms with Crippen molar-refractivity contribution in [3.05, 3.63) is 70.3 Å². The Morgan fingerprint density at radius 3 is 2.59 bits per heavy atom. The summed E-state index contributed by atoms with van der Waals surface area (Å²) in [6.07, 6.45) is 1.54. The monoisotopic (exact) mass is 456 g/mol. The predicted molar refractivity (Wildman–Crippen MR) is 126 cm³/mol. The van der Waals surface area contributed by atoms with Gasteiger partial charge in [-0.15, -0.1) is 0 Å². The van der Waals surface area contributed by atoms with Crippen molar-refractivity contribution >= 4 is 29.1 Å². The number of ether oxygens (including phenoxy) is 1. The number of hydrogen-bond acceptors (Lipinski definition) is 5. The molecule has 1 saturated heterocycles. The zero-order chi connectivity index (χ0) is 23.3. The molecule has 1 N–H and O–H groups in total. The van der Waals surface area contributed by atoms with E-state index in [9.17, 15) is 14.7 Å². The van der Waals surface area contributed by atoms with Gasteiger partial charge in [-0.05, 0) is 63.3 Å². The molecule has 1 aliphatic rings. The number of Topliss-reactive ketones (excluding diaryl/α,β-unsaturated/α-hetero) is 1. The van der Waals surface area contributed by atoms with Crippen LogP contribution in [0.4, 0.5) is 0 Å². The fraction of sp³-hybridized carbons (Fsp3) is 0.360. The molecule has 1 aliphatic heterocycles. The van der Waals surface area contributed by atoms with Gasteiger partial charge >= 0.3 is 0 Å². The van der Waals surface area contributed by atoms with Crippen LogP contribution in [0, 0.1) is 0 Å². The van der Waals surface area contributed by atoms with E-state index in [4.69, 9.17) is 16.3 Å². The molecule has 0 radical (unpaired) electrons. The smallest absolute Gasteiger partial charge is 0.295 e. The maximum absolute atomic E-state index is 13.1. The molecule has 6 nitrogen and oxygen atoms in total. The Labute approximate surface area is 194 Å². The summed E-state index contributed by atoms with van der Waals surface area (Å²) in [6.45, 7) is 3.70. The third-order valence-electron chi connectivity index (χ3n) is 5.29. The van der Waals surface area contributed by atoms with Gasteiger partial charge in [0.2, 0.25) is 0 Å². The van der Waals surface area contributed by atoms with Gasteiger partial charge in [0.1, 0.15) is 11.5 Å². The second-order valence-corrected chi connectivity index (χ2v) is 8.52. The number of likely N-dealkylation sites (tertiary alicyclic amines) is 1. The number of halogens is 1. The molecule has 1 fully saturated rings. The topological polar surface area (TPSA) is 70.1 Å². The Morgan fingerprint density at radius 1 is 1.16 bits per heavy atom. The predicted octanol–water partition coefficient (Wildman–Crippen LogP) is 4.50. The van der Waals surface area contributed by atoms with Gasteiger partial charge in [-0.25, -0.2) is 0 Å². The van der Waals surface area contributed by atoms with Crippen LogP contribution in [-0.4, -0.2) is 60.4 Å². The average Bonchev–Trinajstić information content (AvgIpc) is 3.02. The number of hydrogen-bond donors (Lipinski definition) is 1. The summed E-state index contributed by atoms with van der Waals surface area (Å²) in [6, 6.07) is 13.3. The molecule has 7 heteroatoms. The van der Waals surface area contributed by atoms with Crippen molar-refractivity contribution in [2.24, 2.45) is 0 Å². The molecule has 1 atom stereocenters. The summed E-state index contributed by atoms with van der Waals surface area (Å²) in [4.78, 5) is 29.6. The van der Waals surface area contributed by atoms with Gasteiger partial charge in [0.05, 0.1) is 18.2 Å². The highest BCUT2D eigenvalue weighted by molar-refractivity contribution is 6.46. The largest absolute Gasteiger partial charge is 0.507 e. The fourth-order valence-electron chi connectivity index (χ4n) is 3.80. The van der Waals surface area contributed by atoms with E-state index in [-0.39, 0.29) is 11.3 Å². The van der Waals surface area contributed by atoms with Crippen LogP contribution in [0.2, 0.25) is 5.02 Å². The third-order valence-corrected chi connectivity index (χ3v) is 5.52. The second-order valence-electron chi connectivity index (χ2n) is 8.08. The van der Waals surface area contributed by atoms with E-state index in [0.29, 0.717) is 41.5 Å². The Morgan fingerprint density at radius 2 is 1.91 bits per heavy atom. The molecular formula is C25H29ClN2O4.